The number of nitrogens with one attached hydrogen (secondary N) is 1. The number of halogens is 2. The van der Waals surface area contributed by atoms with Crippen LogP contribution in [-0.4, -0.2) is 16.4 Å². The lowest BCUT2D eigenvalue weighted by Gasteiger charge is -2.31. The summed E-state index contributed by atoms with van der Waals surface area (Å²) >= 11 is 0. The summed E-state index contributed by atoms with van der Waals surface area (Å²) in [5, 5.41) is 3.36. The molecule has 25 heavy (non-hydrogen) atoms. The summed E-state index contributed by atoms with van der Waals surface area (Å²) in [6, 6.07) is 3.92. The van der Waals surface area contributed by atoms with Crippen LogP contribution in [0.4, 0.5) is 8.78 Å². The van der Waals surface area contributed by atoms with E-state index in [0.29, 0.717) is 18.2 Å². The van der Waals surface area contributed by atoms with Gasteiger partial charge in [0.15, 0.2) is 11.6 Å². The third kappa shape index (κ3) is 4.50. The topological polar surface area (TPSA) is 42.0 Å². The van der Waals surface area contributed by atoms with E-state index in [1.54, 1.807) is 0 Å². The number of pyridine rings is 1. The van der Waals surface area contributed by atoms with Crippen molar-refractivity contribution in [3.63, 3.8) is 0 Å². The van der Waals surface area contributed by atoms with Gasteiger partial charge in [-0.3, -0.25) is 9.78 Å². The molecule has 3 nitrogen and oxygen atoms in total. The molecular weight excluding hydrogens is 322 g/mol. The number of fused-ring (bicyclic) bond motifs is 1. The number of carbonyl (C=O) groups is 1. The first-order valence-electron chi connectivity index (χ1n) is 7.96. The summed E-state index contributed by atoms with van der Waals surface area (Å²) in [7, 11) is 0. The second-order valence-electron chi connectivity index (χ2n) is 6.94. The van der Waals surface area contributed by atoms with E-state index in [-0.39, 0.29) is 17.0 Å². The van der Waals surface area contributed by atoms with Gasteiger partial charge in [0.1, 0.15) is 5.52 Å². The molecule has 0 atom stereocenters. The van der Waals surface area contributed by atoms with Gasteiger partial charge in [0.25, 0.3) is 5.91 Å². The van der Waals surface area contributed by atoms with Crippen LogP contribution in [0.5, 0.6) is 0 Å². The Hall–Kier alpha value is -2.56. The Morgan fingerprint density at radius 1 is 1.20 bits per heavy atom. The van der Waals surface area contributed by atoms with Crippen LogP contribution in [0.3, 0.4) is 0 Å². The maximum atomic E-state index is 13.7. The summed E-state index contributed by atoms with van der Waals surface area (Å²) in [6.07, 6.45) is 2.46. The first kappa shape index (κ1) is 18.8. The van der Waals surface area contributed by atoms with Crippen molar-refractivity contribution < 1.29 is 13.6 Å². The molecule has 1 N–H and O–H groups in total. The summed E-state index contributed by atoms with van der Waals surface area (Å²) in [5.74, 6) is -2.31. The predicted molar refractivity (Wildman–Crippen MR) is 96.4 cm³/mol. The lowest BCUT2D eigenvalue weighted by atomic mass is 9.87. The molecule has 5 heteroatoms. The summed E-state index contributed by atoms with van der Waals surface area (Å²) < 4.78 is 27.0. The molecule has 0 radical (unpaired) electrons. The average Bonchev–Trinajstić information content (AvgIpc) is 2.48. The van der Waals surface area contributed by atoms with Crippen molar-refractivity contribution in [1.29, 1.82) is 0 Å². The molecule has 0 unspecified atom stereocenters. The molecule has 2 aromatic rings. The molecule has 0 aliphatic carbocycles. The zero-order chi connectivity index (χ0) is 18.8. The monoisotopic (exact) mass is 344 g/mol. The van der Waals surface area contributed by atoms with Gasteiger partial charge in [0, 0.05) is 17.1 Å². The number of carbonyl (C=O) groups excluding carboxylic acids is 1. The smallest absolute Gasteiger partial charge is 0.253 e. The van der Waals surface area contributed by atoms with Crippen molar-refractivity contribution in [1.82, 2.24) is 10.3 Å². The van der Waals surface area contributed by atoms with Crippen LogP contribution in [0.25, 0.3) is 10.9 Å². The Labute approximate surface area is 146 Å². The van der Waals surface area contributed by atoms with E-state index in [1.807, 2.05) is 20.8 Å². The highest BCUT2D eigenvalue weighted by molar-refractivity contribution is 5.97. The maximum Gasteiger partial charge on any atom is 0.253 e. The first-order chi connectivity index (χ1) is 11.6. The Bertz CT molecular complexity index is 842. The van der Waals surface area contributed by atoms with Crippen molar-refractivity contribution in [2.75, 3.05) is 0 Å². The van der Waals surface area contributed by atoms with Gasteiger partial charge in [-0.25, -0.2) is 8.78 Å². The van der Waals surface area contributed by atoms with Gasteiger partial charge in [-0.05, 0) is 51.8 Å². The molecule has 1 aromatic carbocycles. The molecule has 0 spiro atoms. The van der Waals surface area contributed by atoms with Crippen molar-refractivity contribution in [2.45, 2.75) is 39.2 Å². The van der Waals surface area contributed by atoms with Gasteiger partial charge in [-0.15, -0.1) is 13.2 Å². The van der Waals surface area contributed by atoms with E-state index in [9.17, 15) is 13.6 Å². The minimum atomic E-state index is -1.01. The maximum absolute atomic E-state index is 13.7. The van der Waals surface area contributed by atoms with E-state index < -0.39 is 17.2 Å². The Balaban J connectivity index is 2.32. The van der Waals surface area contributed by atoms with Crippen LogP contribution < -0.4 is 5.32 Å². The Kier molecular flexibility index (Phi) is 5.36. The largest absolute Gasteiger partial charge is 0.346 e. The van der Waals surface area contributed by atoms with Crippen molar-refractivity contribution in [3.8, 4) is 0 Å². The lowest BCUT2D eigenvalue weighted by molar-refractivity contribution is 0.0905. The second kappa shape index (κ2) is 7.13. The number of rotatable bonds is 6. The Morgan fingerprint density at radius 3 is 2.36 bits per heavy atom. The molecule has 0 saturated carbocycles. The lowest BCUT2D eigenvalue weighted by Crippen LogP contribution is -2.46. The molecular formula is C20H22F2N2O. The van der Waals surface area contributed by atoms with E-state index in [0.717, 1.165) is 17.2 Å². The molecule has 0 aliphatic rings. The number of amides is 1. The van der Waals surface area contributed by atoms with Gasteiger partial charge in [0.05, 0.1) is 5.56 Å². The molecule has 1 aromatic heterocycles. The molecule has 0 aliphatic heterocycles. The van der Waals surface area contributed by atoms with Crippen LogP contribution in [0, 0.1) is 11.6 Å². The molecule has 0 saturated heterocycles. The standard InChI is InChI=1S/C20H22F2N2O/c1-12(2)9-20(5,10-13(3)4)24-19(25)15-8-14-6-7-16(21)17(22)18(14)23-11-15/h6-8,11H,1,3,9-10H2,2,4-5H3,(H,24,25). The fourth-order valence-corrected chi connectivity index (χ4v) is 3.09. The van der Waals surface area contributed by atoms with Crippen molar-refractivity contribution >= 4 is 16.8 Å². The fourth-order valence-electron chi connectivity index (χ4n) is 3.09. The van der Waals surface area contributed by atoms with E-state index in [1.165, 1.54) is 18.3 Å². The number of hydrogen-bond donors (Lipinski definition) is 1. The Morgan fingerprint density at radius 2 is 1.80 bits per heavy atom. The van der Waals surface area contributed by atoms with Gasteiger partial charge >= 0.3 is 0 Å². The van der Waals surface area contributed by atoms with Crippen LogP contribution in [-0.2, 0) is 0 Å². The number of benzene rings is 1. The number of nitrogens with zero attached hydrogens (tertiary/aromatic N) is 1. The zero-order valence-electron chi connectivity index (χ0n) is 14.7. The van der Waals surface area contributed by atoms with E-state index in [4.69, 9.17) is 0 Å². The summed E-state index contributed by atoms with van der Waals surface area (Å²) in [4.78, 5) is 16.5. The third-order valence-corrected chi connectivity index (χ3v) is 3.81. The third-order valence-electron chi connectivity index (χ3n) is 3.81. The summed E-state index contributed by atoms with van der Waals surface area (Å²) in [5.41, 5.74) is 1.55. The number of hydrogen-bond acceptors (Lipinski definition) is 2. The highest BCUT2D eigenvalue weighted by atomic mass is 19.2. The SMILES string of the molecule is C=C(C)CC(C)(CC(=C)C)NC(=O)c1cnc2c(F)c(F)ccc2c1. The van der Waals surface area contributed by atoms with E-state index >= 15 is 0 Å². The molecule has 132 valence electrons. The molecule has 1 heterocycles. The molecule has 2 rings (SSSR count). The van der Waals surface area contributed by atoms with Gasteiger partial charge in [-0.1, -0.05) is 11.1 Å². The van der Waals surface area contributed by atoms with Crippen LogP contribution in [0.2, 0.25) is 0 Å². The minimum absolute atomic E-state index is 0.0943. The molecule has 0 bridgehead atoms. The second-order valence-corrected chi connectivity index (χ2v) is 6.94. The number of aromatic nitrogens is 1. The van der Waals surface area contributed by atoms with Crippen molar-refractivity contribution in [3.05, 3.63) is 65.9 Å². The van der Waals surface area contributed by atoms with Gasteiger partial charge < -0.3 is 5.32 Å². The quantitative estimate of drug-likeness (QED) is 0.755. The molecule has 1 amide bonds. The van der Waals surface area contributed by atoms with Crippen LogP contribution >= 0.6 is 0 Å². The molecule has 0 fully saturated rings. The van der Waals surface area contributed by atoms with Gasteiger partial charge in [-0.2, -0.15) is 0 Å². The first-order valence-corrected chi connectivity index (χ1v) is 7.96. The highest BCUT2D eigenvalue weighted by Crippen LogP contribution is 2.24. The minimum Gasteiger partial charge on any atom is -0.346 e. The van der Waals surface area contributed by atoms with Crippen molar-refractivity contribution in [2.24, 2.45) is 0 Å². The average molecular weight is 344 g/mol. The fraction of sp³-hybridized carbons (Fsp3) is 0.300. The predicted octanol–water partition coefficient (Wildman–Crippen LogP) is 4.93. The highest BCUT2D eigenvalue weighted by Gasteiger charge is 2.27. The zero-order valence-corrected chi connectivity index (χ0v) is 14.7. The normalized spacial score (nSPS) is 11.4. The van der Waals surface area contributed by atoms with Crippen LogP contribution in [0.15, 0.2) is 48.7 Å². The summed E-state index contributed by atoms with van der Waals surface area (Å²) in [6.45, 7) is 13.6. The van der Waals surface area contributed by atoms with Gasteiger partial charge in [0.2, 0.25) is 0 Å². The van der Waals surface area contributed by atoms with Crippen LogP contribution in [0.1, 0.15) is 44.0 Å². The van der Waals surface area contributed by atoms with E-state index in [2.05, 4.69) is 23.5 Å².